The van der Waals surface area contributed by atoms with Crippen LogP contribution in [0.5, 0.6) is 5.75 Å². The summed E-state index contributed by atoms with van der Waals surface area (Å²) in [4.78, 5) is 0. The highest BCUT2D eigenvalue weighted by atomic mass is 16.3. The van der Waals surface area contributed by atoms with Crippen LogP contribution in [0.3, 0.4) is 0 Å². The third-order valence-electron chi connectivity index (χ3n) is 3.02. The highest BCUT2D eigenvalue weighted by Gasteiger charge is 2.11. The van der Waals surface area contributed by atoms with E-state index in [1.165, 1.54) is 23.1 Å². The number of phenolic OH excluding ortho intramolecular Hbond substituents is 1. The van der Waals surface area contributed by atoms with Gasteiger partial charge in [0, 0.05) is 0 Å². The normalized spacial score (nSPS) is 10.7. The first-order valence-electron chi connectivity index (χ1n) is 6.57. The summed E-state index contributed by atoms with van der Waals surface area (Å²) in [7, 11) is 0. The zero-order valence-corrected chi connectivity index (χ0v) is 10.8. The summed E-state index contributed by atoms with van der Waals surface area (Å²) in [5.74, 6) is 0.491. The number of benzene rings is 1. The maximum absolute atomic E-state index is 9.94. The van der Waals surface area contributed by atoms with Crippen molar-refractivity contribution in [2.45, 2.75) is 59.3 Å². The third-order valence-corrected chi connectivity index (χ3v) is 3.02. The van der Waals surface area contributed by atoms with Gasteiger partial charge in [-0.3, -0.25) is 0 Å². The van der Waals surface area contributed by atoms with Crippen molar-refractivity contribution in [3.8, 4) is 5.75 Å². The highest BCUT2D eigenvalue weighted by Crippen LogP contribution is 2.28. The molecule has 1 aromatic rings. The Kier molecular flexibility index (Phi) is 5.37. The molecule has 0 saturated carbocycles. The molecule has 1 rings (SSSR count). The molecule has 1 N–H and O–H groups in total. The molecule has 0 aromatic heterocycles. The molecule has 90 valence electrons. The second-order valence-electron chi connectivity index (χ2n) is 4.45. The van der Waals surface area contributed by atoms with Crippen molar-refractivity contribution in [2.24, 2.45) is 0 Å². The van der Waals surface area contributed by atoms with E-state index in [1.54, 1.807) is 0 Å². The summed E-state index contributed by atoms with van der Waals surface area (Å²) in [6.45, 7) is 6.58. The second kappa shape index (κ2) is 6.57. The van der Waals surface area contributed by atoms with Crippen molar-refractivity contribution in [3.05, 3.63) is 28.8 Å². The van der Waals surface area contributed by atoms with Crippen LogP contribution in [-0.4, -0.2) is 5.11 Å². The Hall–Kier alpha value is -0.980. The van der Waals surface area contributed by atoms with Crippen molar-refractivity contribution in [1.29, 1.82) is 0 Å². The van der Waals surface area contributed by atoms with E-state index >= 15 is 0 Å². The molecule has 0 radical (unpaired) electrons. The van der Waals surface area contributed by atoms with E-state index in [2.05, 4.69) is 26.8 Å². The molecule has 1 heteroatoms. The number of aromatic hydroxyl groups is 1. The smallest absolute Gasteiger partial charge is 0.119 e. The van der Waals surface area contributed by atoms with Gasteiger partial charge in [0.25, 0.3) is 0 Å². The van der Waals surface area contributed by atoms with Crippen LogP contribution in [-0.2, 0) is 19.3 Å². The van der Waals surface area contributed by atoms with Crippen LogP contribution < -0.4 is 0 Å². The van der Waals surface area contributed by atoms with Crippen LogP contribution in [0.25, 0.3) is 0 Å². The van der Waals surface area contributed by atoms with E-state index in [0.717, 1.165) is 32.1 Å². The minimum Gasteiger partial charge on any atom is -0.508 e. The van der Waals surface area contributed by atoms with Crippen molar-refractivity contribution in [1.82, 2.24) is 0 Å². The van der Waals surface area contributed by atoms with Gasteiger partial charge in [0.2, 0.25) is 0 Å². The van der Waals surface area contributed by atoms with E-state index in [1.807, 2.05) is 6.07 Å². The predicted octanol–water partition coefficient (Wildman–Crippen LogP) is 4.25. The average Bonchev–Trinajstić information content (AvgIpc) is 2.27. The van der Waals surface area contributed by atoms with E-state index in [9.17, 15) is 5.11 Å². The lowest BCUT2D eigenvalue weighted by molar-refractivity contribution is 0.465. The molecular weight excluding hydrogens is 196 g/mol. The first-order chi connectivity index (χ1) is 7.74. The molecule has 0 fully saturated rings. The van der Waals surface area contributed by atoms with Crippen molar-refractivity contribution < 1.29 is 5.11 Å². The summed E-state index contributed by atoms with van der Waals surface area (Å²) < 4.78 is 0. The maximum atomic E-state index is 9.94. The second-order valence-corrected chi connectivity index (χ2v) is 4.45. The SMILES string of the molecule is CCCc1ccc(O)c(CCC)c1CCC. The molecule has 0 saturated heterocycles. The Labute approximate surface area is 99.5 Å². The summed E-state index contributed by atoms with van der Waals surface area (Å²) in [6.07, 6.45) is 6.65. The molecule has 0 bridgehead atoms. The Bertz CT molecular complexity index is 328. The highest BCUT2D eigenvalue weighted by molar-refractivity contribution is 5.44. The summed E-state index contributed by atoms with van der Waals surface area (Å²) >= 11 is 0. The molecule has 0 heterocycles. The van der Waals surface area contributed by atoms with Gasteiger partial charge >= 0.3 is 0 Å². The van der Waals surface area contributed by atoms with Gasteiger partial charge in [-0.2, -0.15) is 0 Å². The molecule has 0 aliphatic carbocycles. The number of hydrogen-bond donors (Lipinski definition) is 1. The molecule has 0 aliphatic rings. The Balaban J connectivity index is 3.14. The van der Waals surface area contributed by atoms with E-state index in [-0.39, 0.29) is 0 Å². The van der Waals surface area contributed by atoms with E-state index in [4.69, 9.17) is 0 Å². The van der Waals surface area contributed by atoms with Gasteiger partial charge in [-0.15, -0.1) is 0 Å². The van der Waals surface area contributed by atoms with Gasteiger partial charge in [-0.25, -0.2) is 0 Å². The predicted molar refractivity (Wildman–Crippen MR) is 70.1 cm³/mol. The molecular formula is C15H24O. The fourth-order valence-electron chi connectivity index (χ4n) is 2.32. The van der Waals surface area contributed by atoms with Crippen LogP contribution in [0.15, 0.2) is 12.1 Å². The van der Waals surface area contributed by atoms with Crippen LogP contribution >= 0.6 is 0 Å². The zero-order chi connectivity index (χ0) is 12.0. The first kappa shape index (κ1) is 13.1. The number of aryl methyl sites for hydroxylation is 1. The monoisotopic (exact) mass is 220 g/mol. The number of hydrogen-bond acceptors (Lipinski definition) is 1. The average molecular weight is 220 g/mol. The lowest BCUT2D eigenvalue weighted by Gasteiger charge is -2.15. The molecule has 0 amide bonds. The number of phenols is 1. The van der Waals surface area contributed by atoms with Crippen molar-refractivity contribution >= 4 is 0 Å². The van der Waals surface area contributed by atoms with E-state index < -0.39 is 0 Å². The lowest BCUT2D eigenvalue weighted by atomic mass is 9.91. The van der Waals surface area contributed by atoms with Gasteiger partial charge in [0.15, 0.2) is 0 Å². The van der Waals surface area contributed by atoms with Crippen LogP contribution in [0.2, 0.25) is 0 Å². The summed E-state index contributed by atoms with van der Waals surface area (Å²) in [5, 5.41) is 9.94. The Morgan fingerprint density at radius 2 is 1.38 bits per heavy atom. The topological polar surface area (TPSA) is 20.2 Å². The molecule has 16 heavy (non-hydrogen) atoms. The van der Waals surface area contributed by atoms with Gasteiger partial charge < -0.3 is 5.11 Å². The van der Waals surface area contributed by atoms with Gasteiger partial charge in [0.05, 0.1) is 0 Å². The third kappa shape index (κ3) is 3.01. The van der Waals surface area contributed by atoms with Gasteiger partial charge in [-0.1, -0.05) is 46.1 Å². The fraction of sp³-hybridized carbons (Fsp3) is 0.600. The van der Waals surface area contributed by atoms with Gasteiger partial charge in [-0.05, 0) is 42.0 Å². The van der Waals surface area contributed by atoms with Crippen molar-refractivity contribution in [3.63, 3.8) is 0 Å². The minimum absolute atomic E-state index is 0.491. The van der Waals surface area contributed by atoms with Gasteiger partial charge in [0.1, 0.15) is 5.75 Å². The molecule has 0 spiro atoms. The van der Waals surface area contributed by atoms with Crippen LogP contribution in [0.4, 0.5) is 0 Å². The maximum Gasteiger partial charge on any atom is 0.119 e. The van der Waals surface area contributed by atoms with Crippen molar-refractivity contribution in [2.75, 3.05) is 0 Å². The van der Waals surface area contributed by atoms with Crippen LogP contribution in [0.1, 0.15) is 56.7 Å². The fourth-order valence-corrected chi connectivity index (χ4v) is 2.32. The largest absolute Gasteiger partial charge is 0.508 e. The van der Waals surface area contributed by atoms with Crippen LogP contribution in [0, 0.1) is 0 Å². The molecule has 1 aromatic carbocycles. The standard InChI is InChI=1S/C15H24O/c1-4-7-12-10-11-15(16)14(9-6-3)13(12)8-5-2/h10-11,16H,4-9H2,1-3H3. The Morgan fingerprint density at radius 1 is 0.812 bits per heavy atom. The summed E-state index contributed by atoms with van der Waals surface area (Å²) in [5.41, 5.74) is 4.03. The summed E-state index contributed by atoms with van der Waals surface area (Å²) in [6, 6.07) is 3.97. The molecule has 0 unspecified atom stereocenters. The zero-order valence-electron chi connectivity index (χ0n) is 10.8. The van der Waals surface area contributed by atoms with E-state index in [0.29, 0.717) is 5.75 Å². The Morgan fingerprint density at radius 3 is 1.94 bits per heavy atom. The molecule has 1 nitrogen and oxygen atoms in total. The minimum atomic E-state index is 0.491. The molecule has 0 aliphatic heterocycles. The lowest BCUT2D eigenvalue weighted by Crippen LogP contribution is -2.01. The first-order valence-corrected chi connectivity index (χ1v) is 6.57. The number of rotatable bonds is 6. The molecule has 0 atom stereocenters. The quantitative estimate of drug-likeness (QED) is 0.760.